The Bertz CT molecular complexity index is 2560. The summed E-state index contributed by atoms with van der Waals surface area (Å²) in [5.74, 6) is 8.45. The highest BCUT2D eigenvalue weighted by Crippen LogP contribution is 2.64. The van der Waals surface area contributed by atoms with Gasteiger partial charge in [0, 0.05) is 0 Å². The summed E-state index contributed by atoms with van der Waals surface area (Å²) in [5, 5.41) is 0. The molecular weight excluding hydrogens is 1290 g/mol. The van der Waals surface area contributed by atoms with E-state index in [4.69, 9.17) is 37.9 Å². The second kappa shape index (κ2) is 39.6. The molecule has 16 rings (SSSR count). The summed E-state index contributed by atoms with van der Waals surface area (Å²) in [6.07, 6.45) is 29.9. The molecule has 0 aromatic heterocycles. The standard InChI is InChI=1S/2C20H32O4.2C19H30O4.8CH4/c1-5-19(2,3)18(22)23-7-6-17(21)24-20(4)15-9-13-8-14(11-15)12-16(20)10-13;1-5-19(3,4)18(22)23-12-17(21)24-20(6-2)15-8-13-7-14(10-15)11-16(20)9-13;1-4-12(2)18(21)22-6-5-17(20)23-19(3)15-8-13-7-14(10-15)11-16(19)9-13;1-4-12(3)18(21)22-11-17(20)23-19(5-2)15-7-13-6-14(9-15)10-16(19)8-13;;;;;;;;/h2*13-16H,5-12H2,1-4H3;2*12-16H,4-11H2,1-3H3;8*1H4. The van der Waals surface area contributed by atoms with E-state index < -0.39 is 10.8 Å². The predicted molar refractivity (Wildman–Crippen MR) is 409 cm³/mol. The first-order chi connectivity index (χ1) is 44.4. The van der Waals surface area contributed by atoms with Crippen molar-refractivity contribution in [3.8, 4) is 0 Å². The summed E-state index contributed by atoms with van der Waals surface area (Å²) >= 11 is 0. The Kier molecular flexibility index (Phi) is 37.1. The van der Waals surface area contributed by atoms with E-state index in [0.29, 0.717) is 53.8 Å². The zero-order valence-corrected chi connectivity index (χ0v) is 60.6. The molecular formula is C86H156O16. The first kappa shape index (κ1) is 95.8. The van der Waals surface area contributed by atoms with E-state index in [9.17, 15) is 38.4 Å². The van der Waals surface area contributed by atoms with Crippen molar-refractivity contribution in [3.05, 3.63) is 0 Å². The van der Waals surface area contributed by atoms with Gasteiger partial charge in [0.15, 0.2) is 13.2 Å². The molecule has 16 heteroatoms. The lowest BCUT2D eigenvalue weighted by molar-refractivity contribution is -0.215. The van der Waals surface area contributed by atoms with Crippen LogP contribution in [0, 0.1) is 117 Å². The van der Waals surface area contributed by atoms with Crippen molar-refractivity contribution in [1.82, 2.24) is 0 Å². The first-order valence-electron chi connectivity index (χ1n) is 38.0. The average Bonchev–Trinajstić information content (AvgIpc) is 0.753. The van der Waals surface area contributed by atoms with Crippen LogP contribution in [0.15, 0.2) is 0 Å². The van der Waals surface area contributed by atoms with Gasteiger partial charge >= 0.3 is 47.8 Å². The highest BCUT2D eigenvalue weighted by molar-refractivity contribution is 5.80. The Hall–Kier alpha value is -4.24. The Labute approximate surface area is 623 Å². The summed E-state index contributed by atoms with van der Waals surface area (Å²) in [6.45, 7) is 27.2. The van der Waals surface area contributed by atoms with Gasteiger partial charge in [-0.05, 0) is 303 Å². The van der Waals surface area contributed by atoms with E-state index in [1.54, 1.807) is 0 Å². The zero-order chi connectivity index (χ0) is 68.3. The van der Waals surface area contributed by atoms with Crippen molar-refractivity contribution in [1.29, 1.82) is 0 Å². The van der Waals surface area contributed by atoms with Crippen molar-refractivity contribution >= 4 is 47.8 Å². The molecule has 16 bridgehead atoms. The maximum absolute atomic E-state index is 12.4. The van der Waals surface area contributed by atoms with E-state index in [1.807, 2.05) is 69.2 Å². The molecule has 16 nitrogen and oxygen atoms in total. The lowest BCUT2D eigenvalue weighted by atomic mass is 9.49. The van der Waals surface area contributed by atoms with Gasteiger partial charge in [-0.2, -0.15) is 0 Å². The molecule has 0 aromatic carbocycles. The summed E-state index contributed by atoms with van der Waals surface area (Å²) < 4.78 is 44.8. The van der Waals surface area contributed by atoms with Crippen LogP contribution in [0.2, 0.25) is 0 Å². The molecule has 0 aromatic rings. The monoisotopic (exact) mass is 1450 g/mol. The third-order valence-electron chi connectivity index (χ3n) is 27.6. The maximum atomic E-state index is 12.4. The third-order valence-corrected chi connectivity index (χ3v) is 27.6. The second-order valence-corrected chi connectivity index (χ2v) is 34.2. The molecule has 16 fully saturated rings. The zero-order valence-electron chi connectivity index (χ0n) is 60.6. The van der Waals surface area contributed by atoms with Gasteiger partial charge in [-0.15, -0.1) is 0 Å². The summed E-state index contributed by atoms with van der Waals surface area (Å²) in [7, 11) is 0. The Morgan fingerprint density at radius 3 is 0.843 bits per heavy atom. The van der Waals surface area contributed by atoms with Gasteiger partial charge in [-0.25, -0.2) is 9.59 Å². The fraction of sp³-hybridized carbons (Fsp3) is 0.907. The molecule has 16 aliphatic rings. The minimum Gasteiger partial charge on any atom is -0.465 e. The summed E-state index contributed by atoms with van der Waals surface area (Å²) in [5.41, 5.74) is -2.23. The van der Waals surface area contributed by atoms with Crippen LogP contribution in [0.4, 0.5) is 0 Å². The molecule has 0 amide bonds. The number of hydrogen-bond donors (Lipinski definition) is 0. The van der Waals surface area contributed by atoms with Gasteiger partial charge in [0.1, 0.15) is 35.6 Å². The quantitative estimate of drug-likeness (QED) is 0.0650. The third kappa shape index (κ3) is 21.1. The van der Waals surface area contributed by atoms with Gasteiger partial charge in [-0.1, -0.05) is 115 Å². The van der Waals surface area contributed by atoms with Crippen molar-refractivity contribution in [2.24, 2.45) is 117 Å². The molecule has 0 N–H and O–H groups in total. The van der Waals surface area contributed by atoms with Crippen LogP contribution in [0.3, 0.4) is 0 Å². The van der Waals surface area contributed by atoms with Crippen molar-refractivity contribution in [3.63, 3.8) is 0 Å². The van der Waals surface area contributed by atoms with Crippen molar-refractivity contribution in [2.45, 2.75) is 359 Å². The average molecular weight is 1450 g/mol. The number of hydrogen-bond acceptors (Lipinski definition) is 16. The Balaban J connectivity index is 0.000000663. The first-order valence-corrected chi connectivity index (χ1v) is 38.0. The van der Waals surface area contributed by atoms with Crippen LogP contribution in [-0.4, -0.2) is 96.6 Å². The number of carbonyl (C=O) groups excluding carboxylic acids is 8. The van der Waals surface area contributed by atoms with E-state index in [2.05, 4.69) is 27.7 Å². The smallest absolute Gasteiger partial charge is 0.344 e. The van der Waals surface area contributed by atoms with E-state index in [1.165, 1.54) is 128 Å². The minimum atomic E-state index is -0.550. The summed E-state index contributed by atoms with van der Waals surface area (Å²) in [6, 6.07) is 0. The van der Waals surface area contributed by atoms with Gasteiger partial charge in [0.2, 0.25) is 0 Å². The molecule has 16 aliphatic carbocycles. The van der Waals surface area contributed by atoms with Crippen molar-refractivity contribution < 1.29 is 76.3 Å². The fourth-order valence-electron chi connectivity index (χ4n) is 21.3. The van der Waals surface area contributed by atoms with E-state index in [0.717, 1.165) is 79.4 Å². The van der Waals surface area contributed by atoms with E-state index in [-0.39, 0.29) is 181 Å². The number of ether oxygens (including phenoxy) is 8. The Morgan fingerprint density at radius 2 is 0.578 bits per heavy atom. The molecule has 596 valence electrons. The van der Waals surface area contributed by atoms with Crippen LogP contribution in [0.5, 0.6) is 0 Å². The lowest BCUT2D eigenvalue weighted by Gasteiger charge is -2.60. The van der Waals surface area contributed by atoms with Crippen molar-refractivity contribution in [2.75, 3.05) is 26.4 Å². The normalized spacial score (nSPS) is 35.2. The van der Waals surface area contributed by atoms with Crippen LogP contribution >= 0.6 is 0 Å². The number of rotatable bonds is 24. The molecule has 0 spiro atoms. The largest absolute Gasteiger partial charge is 0.465 e. The molecule has 2 atom stereocenters. The van der Waals surface area contributed by atoms with Crippen LogP contribution in [0.25, 0.3) is 0 Å². The topological polar surface area (TPSA) is 210 Å². The number of esters is 8. The molecule has 0 aliphatic heterocycles. The van der Waals surface area contributed by atoms with Gasteiger partial charge in [-0.3, -0.25) is 28.8 Å². The summed E-state index contributed by atoms with van der Waals surface area (Å²) in [4.78, 5) is 96.7. The minimum absolute atomic E-state index is 0. The lowest BCUT2D eigenvalue weighted by Crippen LogP contribution is -2.59. The molecule has 16 saturated carbocycles. The van der Waals surface area contributed by atoms with E-state index >= 15 is 0 Å². The van der Waals surface area contributed by atoms with Crippen LogP contribution < -0.4 is 0 Å². The highest BCUT2D eigenvalue weighted by Gasteiger charge is 2.62. The van der Waals surface area contributed by atoms with Gasteiger partial charge < -0.3 is 37.9 Å². The second-order valence-electron chi connectivity index (χ2n) is 34.2. The maximum Gasteiger partial charge on any atom is 0.344 e. The Morgan fingerprint density at radius 1 is 0.333 bits per heavy atom. The molecule has 2 unspecified atom stereocenters. The van der Waals surface area contributed by atoms with Crippen LogP contribution in [0.1, 0.15) is 336 Å². The highest BCUT2D eigenvalue weighted by atomic mass is 16.6. The van der Waals surface area contributed by atoms with Crippen LogP contribution in [-0.2, 0) is 76.3 Å². The van der Waals surface area contributed by atoms with Gasteiger partial charge in [0.25, 0.3) is 0 Å². The predicted octanol–water partition coefficient (Wildman–Crippen LogP) is 20.8. The molecule has 102 heavy (non-hydrogen) atoms. The SMILES string of the molecule is C.C.C.C.C.C.C.C.CCC(C)(C)C(=O)OCC(=O)OC1(CC)C2CC3CC(C2)CC1C3.CCC(C)(C)C(=O)OCCC(=O)OC1(C)C2CC3CC(C2)CC1C3.CCC(C)C(=O)OCC(=O)OC1(CC)C2CC3CC(C2)CC1C3.CCC(C)C(=O)OCCC(=O)OC1(C)C2CC3CC(C2)CC1C3. The fourth-order valence-corrected chi connectivity index (χ4v) is 21.3. The number of carbonyl (C=O) groups is 8. The molecule has 0 heterocycles. The molecule has 0 radical (unpaired) electrons. The molecule has 0 saturated heterocycles. The van der Waals surface area contributed by atoms with Gasteiger partial charge in [0.05, 0.1) is 35.5 Å².